The third-order valence-corrected chi connectivity index (χ3v) is 6.17. The molecule has 0 heterocycles. The van der Waals surface area contributed by atoms with Gasteiger partial charge in [0.25, 0.3) is 5.91 Å². The van der Waals surface area contributed by atoms with Gasteiger partial charge in [0.15, 0.2) is 6.61 Å². The second-order valence-electron chi connectivity index (χ2n) is 8.52. The van der Waals surface area contributed by atoms with Gasteiger partial charge in [-0.15, -0.1) is 0 Å². The van der Waals surface area contributed by atoms with Crippen molar-refractivity contribution in [3.05, 3.63) is 64.7 Å². The molecule has 3 rings (SSSR count). The van der Waals surface area contributed by atoms with Gasteiger partial charge in [-0.2, -0.15) is 0 Å². The highest BCUT2D eigenvalue weighted by Gasteiger charge is 2.30. The van der Waals surface area contributed by atoms with Crippen molar-refractivity contribution in [3.63, 3.8) is 0 Å². The highest BCUT2D eigenvalue weighted by Crippen LogP contribution is 2.20. The highest BCUT2D eigenvalue weighted by atomic mass is 35.5. The van der Waals surface area contributed by atoms with E-state index in [2.05, 4.69) is 5.32 Å². The average molecular weight is 457 g/mol. The first-order valence-electron chi connectivity index (χ1n) is 11.5. The Hall–Kier alpha value is -2.53. The number of hydrogen-bond acceptors (Lipinski definition) is 3. The molecule has 0 aliphatic heterocycles. The van der Waals surface area contributed by atoms with Crippen LogP contribution < -0.4 is 10.1 Å². The Morgan fingerprint density at radius 2 is 1.88 bits per heavy atom. The predicted octanol–water partition coefficient (Wildman–Crippen LogP) is 5.28. The summed E-state index contributed by atoms with van der Waals surface area (Å²) >= 11 is 6.02. The summed E-state index contributed by atoms with van der Waals surface area (Å²) in [5.74, 6) is 0.223. The van der Waals surface area contributed by atoms with E-state index >= 15 is 0 Å². The summed E-state index contributed by atoms with van der Waals surface area (Å²) in [6, 6.07) is 14.6. The lowest BCUT2D eigenvalue weighted by Gasteiger charge is -2.32. The molecule has 1 aliphatic rings. The number of carbonyl (C=O) groups is 2. The van der Waals surface area contributed by atoms with Gasteiger partial charge in [-0.1, -0.05) is 73.7 Å². The third kappa shape index (κ3) is 6.99. The maximum absolute atomic E-state index is 13.3. The molecule has 1 atom stereocenters. The van der Waals surface area contributed by atoms with Gasteiger partial charge in [0.1, 0.15) is 11.8 Å². The van der Waals surface area contributed by atoms with Crippen LogP contribution in [0.15, 0.2) is 48.5 Å². The van der Waals surface area contributed by atoms with Gasteiger partial charge in [-0.25, -0.2) is 0 Å². The molecule has 0 bridgehead atoms. The molecule has 0 radical (unpaired) electrons. The van der Waals surface area contributed by atoms with Crippen LogP contribution in [0.4, 0.5) is 0 Å². The van der Waals surface area contributed by atoms with E-state index in [1.165, 1.54) is 6.42 Å². The molecular formula is C26H33ClN2O3. The summed E-state index contributed by atoms with van der Waals surface area (Å²) in [5.41, 5.74) is 2.11. The normalized spacial score (nSPS) is 15.1. The van der Waals surface area contributed by atoms with E-state index < -0.39 is 6.04 Å². The lowest BCUT2D eigenvalue weighted by molar-refractivity contribution is -0.143. The van der Waals surface area contributed by atoms with Gasteiger partial charge in [-0.05, 0) is 49.9 Å². The maximum atomic E-state index is 13.3. The van der Waals surface area contributed by atoms with Crippen LogP contribution in [0.5, 0.6) is 5.75 Å². The smallest absolute Gasteiger partial charge is 0.261 e. The molecule has 1 saturated carbocycles. The Labute approximate surface area is 196 Å². The molecule has 32 heavy (non-hydrogen) atoms. The fourth-order valence-corrected chi connectivity index (χ4v) is 4.44. The van der Waals surface area contributed by atoms with Crippen LogP contribution in [0.3, 0.4) is 0 Å². The molecule has 5 nitrogen and oxygen atoms in total. The summed E-state index contributed by atoms with van der Waals surface area (Å²) in [6.45, 7) is 4.17. The number of nitrogens with one attached hydrogen (secondary N) is 1. The fraction of sp³-hybridized carbons (Fsp3) is 0.462. The van der Waals surface area contributed by atoms with E-state index in [4.69, 9.17) is 16.3 Å². The van der Waals surface area contributed by atoms with E-state index in [1.807, 2.05) is 38.1 Å². The Bertz CT molecular complexity index is 911. The monoisotopic (exact) mass is 456 g/mol. The number of hydrogen-bond donors (Lipinski definition) is 1. The van der Waals surface area contributed by atoms with E-state index in [0.29, 0.717) is 23.7 Å². The lowest BCUT2D eigenvalue weighted by Crippen LogP contribution is -2.52. The third-order valence-electron chi connectivity index (χ3n) is 5.93. The summed E-state index contributed by atoms with van der Waals surface area (Å²) in [5, 5.41) is 3.74. The Balaban J connectivity index is 1.75. The number of halogens is 1. The van der Waals surface area contributed by atoms with Crippen molar-refractivity contribution >= 4 is 23.4 Å². The van der Waals surface area contributed by atoms with Crippen LogP contribution in [0.1, 0.15) is 56.6 Å². The van der Waals surface area contributed by atoms with Crippen LogP contribution in [0.25, 0.3) is 0 Å². The molecule has 172 valence electrons. The molecule has 0 unspecified atom stereocenters. The van der Waals surface area contributed by atoms with E-state index in [-0.39, 0.29) is 24.5 Å². The van der Waals surface area contributed by atoms with Gasteiger partial charge in [-0.3, -0.25) is 9.59 Å². The van der Waals surface area contributed by atoms with Crippen molar-refractivity contribution in [1.82, 2.24) is 10.2 Å². The molecule has 1 fully saturated rings. The molecule has 1 N–H and O–H groups in total. The van der Waals surface area contributed by atoms with Gasteiger partial charge in [0, 0.05) is 17.6 Å². The summed E-state index contributed by atoms with van der Waals surface area (Å²) in [6.07, 6.45) is 6.05. The van der Waals surface area contributed by atoms with Crippen LogP contribution in [-0.4, -0.2) is 35.4 Å². The molecule has 0 spiro atoms. The predicted molar refractivity (Wildman–Crippen MR) is 128 cm³/mol. The number of carbonyl (C=O) groups excluding carboxylic acids is 2. The zero-order valence-corrected chi connectivity index (χ0v) is 19.7. The van der Waals surface area contributed by atoms with Crippen molar-refractivity contribution in [1.29, 1.82) is 0 Å². The standard InChI is InChI=1S/C26H33ClN2O3/c1-3-24(26(31)28-22-12-5-4-6-13-22)29(17-20-10-7-9-19(2)15-20)25(30)18-32-23-14-8-11-21(27)16-23/h7-11,14-16,22,24H,3-6,12-13,17-18H2,1-2H3,(H,28,31)/t24-/m1/s1. The van der Waals surface area contributed by atoms with Crippen molar-refractivity contribution in [3.8, 4) is 5.75 Å². The topological polar surface area (TPSA) is 58.6 Å². The number of benzene rings is 2. The minimum atomic E-state index is -0.548. The second kappa shape index (κ2) is 11.9. The van der Waals surface area contributed by atoms with Crippen LogP contribution in [-0.2, 0) is 16.1 Å². The second-order valence-corrected chi connectivity index (χ2v) is 8.96. The molecule has 1 aliphatic carbocycles. The maximum Gasteiger partial charge on any atom is 0.261 e. The first-order chi connectivity index (χ1) is 15.5. The van der Waals surface area contributed by atoms with Gasteiger partial charge in [0.2, 0.25) is 5.91 Å². The zero-order valence-electron chi connectivity index (χ0n) is 19.0. The zero-order chi connectivity index (χ0) is 22.9. The Kier molecular flexibility index (Phi) is 8.98. The molecule has 2 amide bonds. The number of amides is 2. The van der Waals surface area contributed by atoms with Gasteiger partial charge >= 0.3 is 0 Å². The molecule has 6 heteroatoms. The number of nitrogens with zero attached hydrogens (tertiary/aromatic N) is 1. The van der Waals surface area contributed by atoms with Crippen LogP contribution in [0, 0.1) is 6.92 Å². The molecule has 0 aromatic heterocycles. The first kappa shape index (κ1) is 24.1. The quantitative estimate of drug-likeness (QED) is 0.558. The summed E-state index contributed by atoms with van der Waals surface area (Å²) in [7, 11) is 0. The van der Waals surface area contributed by atoms with Crippen molar-refractivity contribution < 1.29 is 14.3 Å². The van der Waals surface area contributed by atoms with Crippen LogP contribution in [0.2, 0.25) is 5.02 Å². The van der Waals surface area contributed by atoms with Crippen molar-refractivity contribution in [2.24, 2.45) is 0 Å². The van der Waals surface area contributed by atoms with E-state index in [1.54, 1.807) is 29.2 Å². The largest absolute Gasteiger partial charge is 0.484 e. The van der Waals surface area contributed by atoms with Gasteiger partial charge in [0.05, 0.1) is 0 Å². The highest BCUT2D eigenvalue weighted by molar-refractivity contribution is 6.30. The fourth-order valence-electron chi connectivity index (χ4n) is 4.26. The average Bonchev–Trinajstić information content (AvgIpc) is 2.78. The number of ether oxygens (including phenoxy) is 1. The Morgan fingerprint density at radius 3 is 2.56 bits per heavy atom. The van der Waals surface area contributed by atoms with Crippen molar-refractivity contribution in [2.45, 2.75) is 71.0 Å². The van der Waals surface area contributed by atoms with Crippen molar-refractivity contribution in [2.75, 3.05) is 6.61 Å². The summed E-state index contributed by atoms with van der Waals surface area (Å²) in [4.78, 5) is 28.1. The first-order valence-corrected chi connectivity index (χ1v) is 11.9. The van der Waals surface area contributed by atoms with E-state index in [0.717, 1.165) is 36.8 Å². The SMILES string of the molecule is CC[C@H](C(=O)NC1CCCCC1)N(Cc1cccc(C)c1)C(=O)COc1cccc(Cl)c1. The molecule has 0 saturated heterocycles. The molecule has 2 aromatic rings. The number of aryl methyl sites for hydroxylation is 1. The minimum absolute atomic E-state index is 0.0804. The van der Waals surface area contributed by atoms with Crippen LogP contribution >= 0.6 is 11.6 Å². The molecule has 2 aromatic carbocycles. The van der Waals surface area contributed by atoms with E-state index in [9.17, 15) is 9.59 Å². The summed E-state index contributed by atoms with van der Waals surface area (Å²) < 4.78 is 5.71. The minimum Gasteiger partial charge on any atom is -0.484 e. The Morgan fingerprint density at radius 1 is 1.12 bits per heavy atom. The van der Waals surface area contributed by atoms with Gasteiger partial charge < -0.3 is 15.0 Å². The molecular weight excluding hydrogens is 424 g/mol. The lowest BCUT2D eigenvalue weighted by atomic mass is 9.95. The number of rotatable bonds is 9.